The average Bonchev–Trinajstić information content (AvgIpc) is 2.67. The van der Waals surface area contributed by atoms with Gasteiger partial charge in [-0.05, 0) is 6.92 Å². The summed E-state index contributed by atoms with van der Waals surface area (Å²) in [6.07, 6.45) is 2.36. The van der Waals surface area contributed by atoms with Crippen LogP contribution in [0.1, 0.15) is 22.5 Å². The number of carbonyl (C=O) groups is 1. The number of Topliss-reactive ketones (excluding diaryl/α,β-unsaturated/α-hetero) is 1. The Balaban J connectivity index is 0.00000162. The van der Waals surface area contributed by atoms with Gasteiger partial charge in [0.1, 0.15) is 0 Å². The van der Waals surface area contributed by atoms with Crippen LogP contribution in [-0.2, 0) is 11.8 Å². The average molecular weight is 274 g/mol. The molecule has 1 aromatic rings. The maximum absolute atomic E-state index is 12.0. The first-order valence-corrected chi connectivity index (χ1v) is 6.00. The fourth-order valence-electron chi connectivity index (χ4n) is 2.09. The van der Waals surface area contributed by atoms with Gasteiger partial charge in [-0.25, -0.2) is 0 Å². The predicted molar refractivity (Wildman–Crippen MR) is 71.4 cm³/mol. The standard InChI is InChI=1S/C12H19N3O2.ClH/c1-10-11(9-14(2)13-10)12(16)3-4-15-5-7-17-8-6-15;/h9H,3-8H2,1-2H3;1H. The number of aromatic nitrogens is 2. The van der Waals surface area contributed by atoms with E-state index in [1.165, 1.54) is 0 Å². The summed E-state index contributed by atoms with van der Waals surface area (Å²) in [5.74, 6) is 0.182. The molecule has 0 unspecified atom stereocenters. The van der Waals surface area contributed by atoms with Crippen molar-refractivity contribution in [2.45, 2.75) is 13.3 Å². The number of carbonyl (C=O) groups excluding carboxylic acids is 1. The minimum absolute atomic E-state index is 0. The van der Waals surface area contributed by atoms with E-state index in [0.29, 0.717) is 6.42 Å². The zero-order valence-electron chi connectivity index (χ0n) is 10.9. The third kappa shape index (κ3) is 3.80. The van der Waals surface area contributed by atoms with Gasteiger partial charge in [-0.2, -0.15) is 5.10 Å². The molecule has 0 aromatic carbocycles. The van der Waals surface area contributed by atoms with Crippen molar-refractivity contribution >= 4 is 18.2 Å². The number of rotatable bonds is 4. The lowest BCUT2D eigenvalue weighted by Gasteiger charge is -2.26. The second kappa shape index (κ2) is 6.87. The topological polar surface area (TPSA) is 47.4 Å². The fraction of sp³-hybridized carbons (Fsp3) is 0.667. The van der Waals surface area contributed by atoms with Crippen LogP contribution in [0.2, 0.25) is 0 Å². The molecular formula is C12H20ClN3O2. The van der Waals surface area contributed by atoms with Crippen LogP contribution >= 0.6 is 12.4 Å². The van der Waals surface area contributed by atoms with E-state index in [1.54, 1.807) is 10.9 Å². The Hall–Kier alpha value is -0.910. The summed E-state index contributed by atoms with van der Waals surface area (Å²) in [5, 5.41) is 4.19. The smallest absolute Gasteiger partial charge is 0.167 e. The van der Waals surface area contributed by atoms with Gasteiger partial charge in [-0.1, -0.05) is 0 Å². The third-order valence-corrected chi connectivity index (χ3v) is 3.07. The van der Waals surface area contributed by atoms with Crippen molar-refractivity contribution in [3.05, 3.63) is 17.5 Å². The maximum Gasteiger partial charge on any atom is 0.167 e. The van der Waals surface area contributed by atoms with E-state index in [4.69, 9.17) is 4.74 Å². The second-order valence-electron chi connectivity index (χ2n) is 4.43. The van der Waals surface area contributed by atoms with Crippen molar-refractivity contribution < 1.29 is 9.53 Å². The summed E-state index contributed by atoms with van der Waals surface area (Å²) in [7, 11) is 1.84. The van der Waals surface area contributed by atoms with Gasteiger partial charge in [-0.15, -0.1) is 12.4 Å². The molecule has 1 saturated heterocycles. The number of hydrogen-bond donors (Lipinski definition) is 0. The van der Waals surface area contributed by atoms with Gasteiger partial charge in [0.15, 0.2) is 5.78 Å². The lowest BCUT2D eigenvalue weighted by molar-refractivity contribution is 0.0370. The van der Waals surface area contributed by atoms with E-state index < -0.39 is 0 Å². The van der Waals surface area contributed by atoms with Crippen molar-refractivity contribution in [2.24, 2.45) is 7.05 Å². The molecule has 0 saturated carbocycles. The Morgan fingerprint density at radius 3 is 2.67 bits per heavy atom. The number of aryl methyl sites for hydroxylation is 2. The van der Waals surface area contributed by atoms with Crippen LogP contribution in [0.5, 0.6) is 0 Å². The van der Waals surface area contributed by atoms with Crippen LogP contribution in [0.3, 0.4) is 0 Å². The Morgan fingerprint density at radius 2 is 2.11 bits per heavy atom. The van der Waals surface area contributed by atoms with Crippen LogP contribution in [0.25, 0.3) is 0 Å². The molecule has 0 radical (unpaired) electrons. The van der Waals surface area contributed by atoms with E-state index in [9.17, 15) is 4.79 Å². The predicted octanol–water partition coefficient (Wildman–Crippen LogP) is 1.06. The molecule has 0 spiro atoms. The Bertz CT molecular complexity index is 400. The minimum Gasteiger partial charge on any atom is -0.379 e. The van der Waals surface area contributed by atoms with Gasteiger partial charge < -0.3 is 4.74 Å². The van der Waals surface area contributed by atoms with Crippen molar-refractivity contribution in [1.82, 2.24) is 14.7 Å². The van der Waals surface area contributed by atoms with Gasteiger partial charge in [0.05, 0.1) is 24.5 Å². The van der Waals surface area contributed by atoms with Gasteiger partial charge >= 0.3 is 0 Å². The molecule has 18 heavy (non-hydrogen) atoms. The zero-order chi connectivity index (χ0) is 12.3. The van der Waals surface area contributed by atoms with E-state index in [2.05, 4.69) is 10.00 Å². The van der Waals surface area contributed by atoms with Gasteiger partial charge in [0.2, 0.25) is 0 Å². The normalized spacial score (nSPS) is 16.3. The summed E-state index contributed by atoms with van der Waals surface area (Å²) in [6, 6.07) is 0. The van der Waals surface area contributed by atoms with E-state index in [-0.39, 0.29) is 18.2 Å². The molecule has 0 bridgehead atoms. The Morgan fingerprint density at radius 1 is 1.44 bits per heavy atom. The lowest BCUT2D eigenvalue weighted by Crippen LogP contribution is -2.37. The quantitative estimate of drug-likeness (QED) is 0.770. The first-order chi connectivity index (χ1) is 8.16. The molecular weight excluding hydrogens is 254 g/mol. The number of ketones is 1. The molecule has 1 aliphatic rings. The second-order valence-corrected chi connectivity index (χ2v) is 4.43. The van der Waals surface area contributed by atoms with E-state index >= 15 is 0 Å². The highest BCUT2D eigenvalue weighted by Crippen LogP contribution is 2.09. The van der Waals surface area contributed by atoms with Crippen LogP contribution in [0.4, 0.5) is 0 Å². The van der Waals surface area contributed by atoms with Crippen molar-refractivity contribution in [2.75, 3.05) is 32.8 Å². The molecule has 5 nitrogen and oxygen atoms in total. The molecule has 2 rings (SSSR count). The monoisotopic (exact) mass is 273 g/mol. The maximum atomic E-state index is 12.0. The van der Waals surface area contributed by atoms with E-state index in [1.807, 2.05) is 14.0 Å². The Labute approximate surface area is 114 Å². The lowest BCUT2D eigenvalue weighted by atomic mass is 10.1. The van der Waals surface area contributed by atoms with Crippen molar-refractivity contribution in [1.29, 1.82) is 0 Å². The summed E-state index contributed by atoms with van der Waals surface area (Å²) >= 11 is 0. The number of morpholine rings is 1. The zero-order valence-corrected chi connectivity index (χ0v) is 11.7. The van der Waals surface area contributed by atoms with Crippen LogP contribution in [0, 0.1) is 6.92 Å². The molecule has 1 aliphatic heterocycles. The highest BCUT2D eigenvalue weighted by atomic mass is 35.5. The van der Waals surface area contributed by atoms with Crippen LogP contribution < -0.4 is 0 Å². The molecule has 1 fully saturated rings. The molecule has 0 amide bonds. The van der Waals surface area contributed by atoms with Gasteiger partial charge in [0, 0.05) is 39.3 Å². The molecule has 102 valence electrons. The first-order valence-electron chi connectivity index (χ1n) is 6.00. The highest BCUT2D eigenvalue weighted by molar-refractivity contribution is 5.96. The van der Waals surface area contributed by atoms with Crippen LogP contribution in [-0.4, -0.2) is 53.3 Å². The highest BCUT2D eigenvalue weighted by Gasteiger charge is 2.15. The molecule has 1 aromatic heterocycles. The number of hydrogen-bond acceptors (Lipinski definition) is 4. The molecule has 0 atom stereocenters. The SMILES string of the molecule is Cc1nn(C)cc1C(=O)CCN1CCOCC1.Cl. The van der Waals surface area contributed by atoms with Gasteiger partial charge in [-0.3, -0.25) is 14.4 Å². The number of halogens is 1. The minimum atomic E-state index is 0. The van der Waals surface area contributed by atoms with Gasteiger partial charge in [0.25, 0.3) is 0 Å². The summed E-state index contributed by atoms with van der Waals surface area (Å²) in [5.41, 5.74) is 1.57. The van der Waals surface area contributed by atoms with Crippen molar-refractivity contribution in [3.63, 3.8) is 0 Å². The van der Waals surface area contributed by atoms with Crippen LogP contribution in [0.15, 0.2) is 6.20 Å². The largest absolute Gasteiger partial charge is 0.379 e. The third-order valence-electron chi connectivity index (χ3n) is 3.07. The van der Waals surface area contributed by atoms with Crippen molar-refractivity contribution in [3.8, 4) is 0 Å². The summed E-state index contributed by atoms with van der Waals surface area (Å²) in [4.78, 5) is 14.3. The first kappa shape index (κ1) is 15.1. The number of nitrogens with zero attached hydrogens (tertiary/aromatic N) is 3. The van der Waals surface area contributed by atoms with E-state index in [0.717, 1.165) is 44.1 Å². The summed E-state index contributed by atoms with van der Waals surface area (Å²) in [6.45, 7) is 6.11. The molecule has 0 aliphatic carbocycles. The molecule has 0 N–H and O–H groups in total. The summed E-state index contributed by atoms with van der Waals surface area (Å²) < 4.78 is 6.97. The molecule has 6 heteroatoms. The Kier molecular flexibility index (Phi) is 5.78. The molecule has 2 heterocycles. The fourth-order valence-corrected chi connectivity index (χ4v) is 2.09. The number of ether oxygens (including phenoxy) is 1.